The molecule has 3 aromatic rings. The average molecular weight is 464 g/mol. The molecule has 0 radical (unpaired) electrons. The van der Waals surface area contributed by atoms with Crippen LogP contribution in [0.15, 0.2) is 18.2 Å². The van der Waals surface area contributed by atoms with Crippen LogP contribution in [0.4, 0.5) is 4.39 Å². The van der Waals surface area contributed by atoms with Crippen molar-refractivity contribution in [2.75, 3.05) is 14.2 Å². The Bertz CT molecular complexity index is 1360. The Hall–Kier alpha value is -2.65. The van der Waals surface area contributed by atoms with Crippen molar-refractivity contribution in [1.82, 2.24) is 4.98 Å². The molecule has 2 N–H and O–H groups in total. The minimum Gasteiger partial charge on any atom is -0.504 e. The number of rotatable bonds is 3. The summed E-state index contributed by atoms with van der Waals surface area (Å²) < 4.78 is 59.1. The Morgan fingerprint density at radius 3 is 2.38 bits per heavy atom. The number of halogens is 1. The standard InChI is InChI=1S/C22H22FNO6S.CH4/c1-29-18-8-12-13(9-19(18)30-2)16-10-22(31(26,27)28)5-3-4-11(22)6-14(16)20-15(12)7-17(25)21(23)24-20;/h7-9,11,25H,3-6,10H2,1-2H3,(H,26,27,28);1H4. The highest BCUT2D eigenvalue weighted by atomic mass is 32.2. The number of nitrogens with zero attached hydrogens (tertiary/aromatic N) is 1. The van der Waals surface area contributed by atoms with Crippen LogP contribution in [-0.4, -0.2) is 42.0 Å². The molecule has 1 aromatic heterocycles. The second-order valence-corrected chi connectivity index (χ2v) is 10.2. The Balaban J connectivity index is 0.00000245. The fourth-order valence-electron chi connectivity index (χ4n) is 5.61. The Morgan fingerprint density at radius 2 is 1.75 bits per heavy atom. The predicted octanol–water partition coefficient (Wildman–Crippen LogP) is 4.41. The highest BCUT2D eigenvalue weighted by molar-refractivity contribution is 7.87. The molecule has 2 unspecified atom stereocenters. The molecule has 2 aromatic carbocycles. The molecular weight excluding hydrogens is 437 g/mol. The third-order valence-electron chi connectivity index (χ3n) is 7.08. The molecule has 1 saturated carbocycles. The zero-order valence-corrected chi connectivity index (χ0v) is 17.9. The van der Waals surface area contributed by atoms with Gasteiger partial charge >= 0.3 is 0 Å². The van der Waals surface area contributed by atoms with Crippen LogP contribution < -0.4 is 9.47 Å². The summed E-state index contributed by atoms with van der Waals surface area (Å²) in [6.45, 7) is 0. The second-order valence-electron chi connectivity index (χ2n) is 8.41. The van der Waals surface area contributed by atoms with E-state index in [1.54, 1.807) is 12.1 Å². The van der Waals surface area contributed by atoms with Crippen LogP contribution in [0.3, 0.4) is 0 Å². The smallest absolute Gasteiger partial charge is 0.271 e. The lowest BCUT2D eigenvalue weighted by Gasteiger charge is -2.38. The van der Waals surface area contributed by atoms with Gasteiger partial charge in [0.2, 0.25) is 0 Å². The van der Waals surface area contributed by atoms with E-state index in [0.29, 0.717) is 64.4 Å². The number of hydrogen-bond acceptors (Lipinski definition) is 6. The Kier molecular flexibility index (Phi) is 5.25. The third kappa shape index (κ3) is 2.94. The first-order chi connectivity index (χ1) is 14.7. The summed E-state index contributed by atoms with van der Waals surface area (Å²) in [5.41, 5.74) is 1.84. The summed E-state index contributed by atoms with van der Waals surface area (Å²) in [6.07, 6.45) is 2.18. The molecule has 0 bridgehead atoms. The summed E-state index contributed by atoms with van der Waals surface area (Å²) in [5.74, 6) is -0.918. The normalized spacial score (nSPS) is 22.3. The molecule has 1 fully saturated rings. The molecule has 0 spiro atoms. The maximum atomic E-state index is 14.3. The van der Waals surface area contributed by atoms with E-state index < -0.39 is 26.6 Å². The summed E-state index contributed by atoms with van der Waals surface area (Å²) >= 11 is 0. The van der Waals surface area contributed by atoms with Gasteiger partial charge in [0.15, 0.2) is 17.2 Å². The number of aromatic hydroxyl groups is 1. The minimum absolute atomic E-state index is 0. The van der Waals surface area contributed by atoms with Crippen LogP contribution in [-0.2, 0) is 23.0 Å². The van der Waals surface area contributed by atoms with Crippen LogP contribution in [0.25, 0.3) is 21.7 Å². The largest absolute Gasteiger partial charge is 0.504 e. The van der Waals surface area contributed by atoms with E-state index >= 15 is 0 Å². The molecule has 7 nitrogen and oxygen atoms in total. The lowest BCUT2D eigenvalue weighted by molar-refractivity contribution is 0.340. The van der Waals surface area contributed by atoms with Gasteiger partial charge in [0.1, 0.15) is 4.75 Å². The maximum absolute atomic E-state index is 14.3. The molecule has 1 heterocycles. The van der Waals surface area contributed by atoms with Crippen molar-refractivity contribution < 1.29 is 31.9 Å². The lowest BCUT2D eigenvalue weighted by atomic mass is 9.74. The molecule has 172 valence electrons. The number of methoxy groups -OCH3 is 2. The first-order valence-corrected chi connectivity index (χ1v) is 11.5. The van der Waals surface area contributed by atoms with E-state index in [-0.39, 0.29) is 19.8 Å². The van der Waals surface area contributed by atoms with E-state index in [1.165, 1.54) is 20.3 Å². The van der Waals surface area contributed by atoms with Crippen molar-refractivity contribution in [1.29, 1.82) is 0 Å². The van der Waals surface area contributed by atoms with Gasteiger partial charge in [0.05, 0.1) is 19.7 Å². The molecular formula is C23H26FNO6S. The van der Waals surface area contributed by atoms with Gasteiger partial charge in [-0.1, -0.05) is 13.8 Å². The van der Waals surface area contributed by atoms with Gasteiger partial charge in [-0.25, -0.2) is 4.98 Å². The highest BCUT2D eigenvalue weighted by Gasteiger charge is 2.55. The van der Waals surface area contributed by atoms with Gasteiger partial charge in [-0.3, -0.25) is 4.55 Å². The van der Waals surface area contributed by atoms with Crippen molar-refractivity contribution >= 4 is 31.8 Å². The van der Waals surface area contributed by atoms with Gasteiger partial charge in [-0.15, -0.1) is 0 Å². The van der Waals surface area contributed by atoms with Crippen LogP contribution in [0.1, 0.15) is 37.8 Å². The zero-order valence-electron chi connectivity index (χ0n) is 17.1. The van der Waals surface area contributed by atoms with E-state index in [4.69, 9.17) is 9.47 Å². The van der Waals surface area contributed by atoms with Gasteiger partial charge in [0, 0.05) is 5.39 Å². The van der Waals surface area contributed by atoms with E-state index in [9.17, 15) is 22.5 Å². The first-order valence-electron chi connectivity index (χ1n) is 10.1. The van der Waals surface area contributed by atoms with Gasteiger partial charge in [0.25, 0.3) is 16.1 Å². The van der Waals surface area contributed by atoms with Crippen LogP contribution >= 0.6 is 0 Å². The number of pyridine rings is 1. The predicted molar refractivity (Wildman–Crippen MR) is 120 cm³/mol. The van der Waals surface area contributed by atoms with Gasteiger partial charge < -0.3 is 14.6 Å². The lowest BCUT2D eigenvalue weighted by Crippen LogP contribution is -2.47. The van der Waals surface area contributed by atoms with Crippen LogP contribution in [0, 0.1) is 11.9 Å². The number of hydrogen-bond donors (Lipinski definition) is 2. The van der Waals surface area contributed by atoms with Gasteiger partial charge in [-0.05, 0) is 71.7 Å². The second kappa shape index (κ2) is 7.45. The molecule has 9 heteroatoms. The summed E-state index contributed by atoms with van der Waals surface area (Å²) in [5, 5.41) is 11.9. The average Bonchev–Trinajstić information content (AvgIpc) is 3.17. The Morgan fingerprint density at radius 1 is 1.09 bits per heavy atom. The number of fused-ring (bicyclic) bond motifs is 7. The summed E-state index contributed by atoms with van der Waals surface area (Å²) in [4.78, 5) is 4.04. The van der Waals surface area contributed by atoms with Crippen molar-refractivity contribution in [3.63, 3.8) is 0 Å². The van der Waals surface area contributed by atoms with Crippen molar-refractivity contribution in [3.8, 4) is 17.2 Å². The molecule has 0 amide bonds. The molecule has 0 aliphatic heterocycles. The SMILES string of the molecule is C.COc1cc2c3c(c4nc(F)c(O)cc4c2cc1OC)CC1CCCC1(S(=O)(=O)O)C3. The van der Waals surface area contributed by atoms with Crippen molar-refractivity contribution in [3.05, 3.63) is 35.3 Å². The maximum Gasteiger partial charge on any atom is 0.271 e. The number of aromatic nitrogens is 1. The number of benzene rings is 2. The van der Waals surface area contributed by atoms with E-state index in [2.05, 4.69) is 4.98 Å². The molecule has 2 aliphatic rings. The van der Waals surface area contributed by atoms with Gasteiger partial charge in [-0.2, -0.15) is 12.8 Å². The molecule has 5 rings (SSSR count). The third-order valence-corrected chi connectivity index (χ3v) is 8.79. The Labute approximate surface area is 185 Å². The van der Waals surface area contributed by atoms with Crippen molar-refractivity contribution in [2.45, 2.75) is 44.3 Å². The monoisotopic (exact) mass is 463 g/mol. The van der Waals surface area contributed by atoms with E-state index in [0.717, 1.165) is 5.56 Å². The first kappa shape index (κ1) is 22.5. The molecule has 32 heavy (non-hydrogen) atoms. The fraction of sp³-hybridized carbons (Fsp3) is 0.435. The van der Waals surface area contributed by atoms with Crippen LogP contribution in [0.5, 0.6) is 17.2 Å². The van der Waals surface area contributed by atoms with Crippen LogP contribution in [0.2, 0.25) is 0 Å². The summed E-state index contributed by atoms with van der Waals surface area (Å²) in [6, 6.07) is 4.82. The number of ether oxygens (including phenoxy) is 2. The highest BCUT2D eigenvalue weighted by Crippen LogP contribution is 2.52. The zero-order chi connectivity index (χ0) is 22.1. The quantitative estimate of drug-likeness (QED) is 0.337. The molecule has 0 saturated heterocycles. The molecule has 2 aliphatic carbocycles. The fourth-order valence-corrected chi connectivity index (χ4v) is 6.96. The summed E-state index contributed by atoms with van der Waals surface area (Å²) in [7, 11) is -1.32. The van der Waals surface area contributed by atoms with E-state index in [1.807, 2.05) is 0 Å². The minimum atomic E-state index is -4.32. The topological polar surface area (TPSA) is 106 Å². The van der Waals surface area contributed by atoms with Crippen molar-refractivity contribution in [2.24, 2.45) is 5.92 Å². The molecule has 2 atom stereocenters.